The van der Waals surface area contributed by atoms with Crippen molar-refractivity contribution in [1.29, 1.82) is 0 Å². The maximum atomic E-state index is 12.3. The molecule has 0 saturated heterocycles. The van der Waals surface area contributed by atoms with E-state index >= 15 is 0 Å². The van der Waals surface area contributed by atoms with E-state index in [9.17, 15) is 9.59 Å². The predicted molar refractivity (Wildman–Crippen MR) is 95.4 cm³/mol. The number of carbonyl (C=O) groups excluding carboxylic acids is 2. The number of oxime groups is 1. The summed E-state index contributed by atoms with van der Waals surface area (Å²) in [6.07, 6.45) is 1.18. The number of amides is 2. The summed E-state index contributed by atoms with van der Waals surface area (Å²) in [6.45, 7) is 3.89. The first-order chi connectivity index (χ1) is 12.5. The van der Waals surface area contributed by atoms with E-state index < -0.39 is 12.1 Å². The number of furan rings is 1. The number of hydrogen-bond donors (Lipinski definition) is 2. The Bertz CT molecular complexity index is 797. The lowest BCUT2D eigenvalue weighted by Gasteiger charge is -2.15. The van der Waals surface area contributed by atoms with E-state index in [1.165, 1.54) is 6.26 Å². The molecule has 0 spiro atoms. The topological polar surface area (TPSA) is 92.9 Å². The average Bonchev–Trinajstić information content (AvgIpc) is 3.32. The van der Waals surface area contributed by atoms with Crippen LogP contribution in [0.1, 0.15) is 30.2 Å². The molecule has 0 saturated carbocycles. The van der Waals surface area contributed by atoms with Crippen molar-refractivity contribution in [2.24, 2.45) is 5.16 Å². The summed E-state index contributed by atoms with van der Waals surface area (Å²) in [4.78, 5) is 29.6. The van der Waals surface area contributed by atoms with Gasteiger partial charge in [0.25, 0.3) is 5.91 Å². The Kier molecular flexibility index (Phi) is 5.36. The third-order valence-electron chi connectivity index (χ3n) is 4.12. The SMILES string of the molecule is Cc1ccc(C2=NO[C@@H](C(=O)N[C@@H](C)C(=O)NCc3ccco3)C2)cc1. The molecule has 0 aliphatic carbocycles. The second-order valence-corrected chi connectivity index (χ2v) is 6.23. The smallest absolute Gasteiger partial charge is 0.264 e. The molecular weight excluding hydrogens is 334 g/mol. The van der Waals surface area contributed by atoms with Gasteiger partial charge in [0.1, 0.15) is 11.8 Å². The number of rotatable bonds is 6. The molecule has 2 aromatic rings. The van der Waals surface area contributed by atoms with Crippen LogP contribution in [-0.4, -0.2) is 29.7 Å². The van der Waals surface area contributed by atoms with Crippen molar-refractivity contribution in [3.8, 4) is 0 Å². The van der Waals surface area contributed by atoms with Crippen LogP contribution >= 0.6 is 0 Å². The maximum Gasteiger partial charge on any atom is 0.264 e. The Morgan fingerprint density at radius 1 is 1.27 bits per heavy atom. The van der Waals surface area contributed by atoms with Gasteiger partial charge in [-0.1, -0.05) is 35.0 Å². The van der Waals surface area contributed by atoms with Gasteiger partial charge in [0, 0.05) is 6.42 Å². The highest BCUT2D eigenvalue weighted by Crippen LogP contribution is 2.17. The third kappa shape index (κ3) is 4.30. The van der Waals surface area contributed by atoms with Crippen molar-refractivity contribution in [2.45, 2.75) is 39.0 Å². The van der Waals surface area contributed by atoms with Gasteiger partial charge in [0.2, 0.25) is 12.0 Å². The molecule has 1 aromatic heterocycles. The Labute approximate surface area is 151 Å². The van der Waals surface area contributed by atoms with Crippen LogP contribution in [0, 0.1) is 6.92 Å². The lowest BCUT2D eigenvalue weighted by atomic mass is 10.0. The number of benzene rings is 1. The summed E-state index contributed by atoms with van der Waals surface area (Å²) in [5.41, 5.74) is 2.80. The molecule has 1 aromatic carbocycles. The fourth-order valence-electron chi connectivity index (χ4n) is 2.55. The second-order valence-electron chi connectivity index (χ2n) is 6.23. The number of nitrogens with zero attached hydrogens (tertiary/aromatic N) is 1. The summed E-state index contributed by atoms with van der Waals surface area (Å²) >= 11 is 0. The molecule has 26 heavy (non-hydrogen) atoms. The highest BCUT2D eigenvalue weighted by molar-refractivity contribution is 6.04. The molecule has 2 heterocycles. The Hall–Kier alpha value is -3.09. The molecular formula is C19H21N3O4. The molecule has 1 aliphatic heterocycles. The van der Waals surface area contributed by atoms with Crippen molar-refractivity contribution >= 4 is 17.5 Å². The average molecular weight is 355 g/mol. The molecule has 0 bridgehead atoms. The van der Waals surface area contributed by atoms with Gasteiger partial charge in [-0.3, -0.25) is 9.59 Å². The summed E-state index contributed by atoms with van der Waals surface area (Å²) in [7, 11) is 0. The van der Waals surface area contributed by atoms with E-state index in [4.69, 9.17) is 9.25 Å². The number of hydrogen-bond acceptors (Lipinski definition) is 5. The molecule has 2 N–H and O–H groups in total. The fourth-order valence-corrected chi connectivity index (χ4v) is 2.55. The monoisotopic (exact) mass is 355 g/mol. The second kappa shape index (κ2) is 7.86. The van der Waals surface area contributed by atoms with Crippen LogP contribution in [0.15, 0.2) is 52.2 Å². The zero-order chi connectivity index (χ0) is 18.5. The standard InChI is InChI=1S/C19H21N3O4/c1-12-5-7-14(8-6-12)16-10-17(26-22-16)19(24)21-13(2)18(23)20-11-15-4-3-9-25-15/h3-9,13,17H,10-11H2,1-2H3,(H,20,23)(H,21,24)/t13-,17+/m0/s1. The molecule has 3 rings (SSSR count). The van der Waals surface area contributed by atoms with Crippen LogP contribution in [0.25, 0.3) is 0 Å². The first kappa shape index (κ1) is 17.7. The van der Waals surface area contributed by atoms with Gasteiger partial charge in [-0.2, -0.15) is 0 Å². The van der Waals surface area contributed by atoms with Crippen LogP contribution < -0.4 is 10.6 Å². The van der Waals surface area contributed by atoms with Crippen LogP contribution in [-0.2, 0) is 21.0 Å². The lowest BCUT2D eigenvalue weighted by molar-refractivity contribution is -0.135. The van der Waals surface area contributed by atoms with Crippen LogP contribution in [0.5, 0.6) is 0 Å². The third-order valence-corrected chi connectivity index (χ3v) is 4.12. The minimum atomic E-state index is -0.730. The Balaban J connectivity index is 1.47. The zero-order valence-corrected chi connectivity index (χ0v) is 14.7. The fraction of sp³-hybridized carbons (Fsp3) is 0.316. The quantitative estimate of drug-likeness (QED) is 0.828. The van der Waals surface area contributed by atoms with Gasteiger partial charge in [-0.05, 0) is 31.5 Å². The normalized spacial score (nSPS) is 17.2. The highest BCUT2D eigenvalue weighted by atomic mass is 16.6. The van der Waals surface area contributed by atoms with Crippen LogP contribution in [0.4, 0.5) is 0 Å². The summed E-state index contributed by atoms with van der Waals surface area (Å²) in [5.74, 6) is -0.0175. The van der Waals surface area contributed by atoms with Gasteiger partial charge in [0.15, 0.2) is 0 Å². The first-order valence-corrected chi connectivity index (χ1v) is 8.43. The van der Waals surface area contributed by atoms with Crippen molar-refractivity contribution in [3.05, 3.63) is 59.5 Å². The highest BCUT2D eigenvalue weighted by Gasteiger charge is 2.30. The molecule has 7 heteroatoms. The first-order valence-electron chi connectivity index (χ1n) is 8.43. The maximum absolute atomic E-state index is 12.3. The van der Waals surface area contributed by atoms with E-state index in [0.717, 1.165) is 16.8 Å². The number of carbonyl (C=O) groups is 2. The largest absolute Gasteiger partial charge is 0.467 e. The van der Waals surface area contributed by atoms with Crippen molar-refractivity contribution < 1.29 is 18.8 Å². The molecule has 2 atom stereocenters. The Morgan fingerprint density at radius 3 is 2.73 bits per heavy atom. The molecule has 7 nitrogen and oxygen atoms in total. The van der Waals surface area contributed by atoms with E-state index in [0.29, 0.717) is 12.2 Å². The van der Waals surface area contributed by atoms with Gasteiger partial charge in [0.05, 0.1) is 18.5 Å². The van der Waals surface area contributed by atoms with Crippen LogP contribution in [0.3, 0.4) is 0 Å². The van der Waals surface area contributed by atoms with Gasteiger partial charge < -0.3 is 19.9 Å². The number of aryl methyl sites for hydroxylation is 1. The Morgan fingerprint density at radius 2 is 2.04 bits per heavy atom. The molecule has 2 amide bonds. The molecule has 0 fully saturated rings. The minimum absolute atomic E-state index is 0.270. The zero-order valence-electron chi connectivity index (χ0n) is 14.7. The lowest BCUT2D eigenvalue weighted by Crippen LogP contribution is -2.47. The van der Waals surface area contributed by atoms with Gasteiger partial charge in [-0.25, -0.2) is 0 Å². The summed E-state index contributed by atoms with van der Waals surface area (Å²) in [6, 6.07) is 10.7. The van der Waals surface area contributed by atoms with Gasteiger partial charge >= 0.3 is 0 Å². The molecule has 1 aliphatic rings. The summed E-state index contributed by atoms with van der Waals surface area (Å²) in [5, 5.41) is 9.36. The molecule has 0 radical (unpaired) electrons. The summed E-state index contributed by atoms with van der Waals surface area (Å²) < 4.78 is 5.15. The van der Waals surface area contributed by atoms with Crippen molar-refractivity contribution in [3.63, 3.8) is 0 Å². The van der Waals surface area contributed by atoms with Gasteiger partial charge in [-0.15, -0.1) is 0 Å². The minimum Gasteiger partial charge on any atom is -0.467 e. The van der Waals surface area contributed by atoms with Crippen molar-refractivity contribution in [1.82, 2.24) is 10.6 Å². The predicted octanol–water partition coefficient (Wildman–Crippen LogP) is 1.90. The number of nitrogens with one attached hydrogen (secondary N) is 2. The van der Waals surface area contributed by atoms with Crippen molar-refractivity contribution in [2.75, 3.05) is 0 Å². The molecule has 136 valence electrons. The van der Waals surface area contributed by atoms with E-state index in [1.54, 1.807) is 19.1 Å². The van der Waals surface area contributed by atoms with Crippen LogP contribution in [0.2, 0.25) is 0 Å². The molecule has 0 unspecified atom stereocenters. The van der Waals surface area contributed by atoms with E-state index in [-0.39, 0.29) is 18.4 Å². The van der Waals surface area contributed by atoms with E-state index in [1.807, 2.05) is 31.2 Å². The van der Waals surface area contributed by atoms with E-state index in [2.05, 4.69) is 15.8 Å².